The second kappa shape index (κ2) is 15.7. The van der Waals surface area contributed by atoms with Gasteiger partial charge in [0, 0.05) is 24.0 Å². The highest BCUT2D eigenvalue weighted by Gasteiger charge is 2.45. The number of anilines is 1. The summed E-state index contributed by atoms with van der Waals surface area (Å²) in [6.45, 7) is 9.72. The molecule has 19 heteroatoms. The van der Waals surface area contributed by atoms with Crippen molar-refractivity contribution in [1.82, 2.24) is 44.5 Å². The molecule has 0 radical (unpaired) electrons. The monoisotopic (exact) mass is 672 g/mol. The first kappa shape index (κ1) is 35.1. The van der Waals surface area contributed by atoms with E-state index in [2.05, 4.69) is 56.0 Å². The maximum absolute atomic E-state index is 12.4. The van der Waals surface area contributed by atoms with Gasteiger partial charge in [0.05, 0.1) is 18.4 Å². The van der Waals surface area contributed by atoms with E-state index in [9.17, 15) is 28.2 Å². The number of aliphatic hydroxyl groups excluding tert-OH is 2. The molecule has 2 aromatic rings. The predicted molar refractivity (Wildman–Crippen MR) is 168 cm³/mol. The van der Waals surface area contributed by atoms with Gasteiger partial charge >= 0.3 is 16.2 Å². The molecule has 3 aliphatic rings. The zero-order valence-electron chi connectivity index (χ0n) is 25.6. The molecule has 7 atom stereocenters. The Morgan fingerprint density at radius 3 is 2.58 bits per heavy atom. The van der Waals surface area contributed by atoms with Gasteiger partial charge in [-0.1, -0.05) is 27.2 Å². The SMILES string of the molecule is CCN(CC)CC.Nc1ncnc2c1ncn2[C@@H]1OC(CNS(=O)(=O)NC(=O)CCCCC2SCC3NC(=O)NC32)[C@@H](O)[C@H]1O. The molecule has 0 aliphatic carbocycles. The number of thioether (sulfide) groups is 1. The minimum absolute atomic E-state index is 0.0129. The number of amides is 3. The number of nitrogens with one attached hydrogen (secondary N) is 4. The van der Waals surface area contributed by atoms with E-state index >= 15 is 0 Å². The lowest BCUT2D eigenvalue weighted by molar-refractivity contribution is -0.119. The number of fused-ring (bicyclic) bond motifs is 2. The Kier molecular flexibility index (Phi) is 12.2. The van der Waals surface area contributed by atoms with Crippen molar-refractivity contribution in [3.8, 4) is 0 Å². The van der Waals surface area contributed by atoms with Crippen molar-refractivity contribution in [2.45, 2.75) is 88.3 Å². The van der Waals surface area contributed by atoms with Crippen molar-refractivity contribution in [1.29, 1.82) is 0 Å². The summed E-state index contributed by atoms with van der Waals surface area (Å²) in [5, 5.41) is 27.0. The van der Waals surface area contributed by atoms with E-state index in [0.29, 0.717) is 12.8 Å². The predicted octanol–water partition coefficient (Wildman–Crippen LogP) is -0.948. The third kappa shape index (κ3) is 8.72. The average molecular weight is 673 g/mol. The van der Waals surface area contributed by atoms with Crippen LogP contribution in [0.25, 0.3) is 11.2 Å². The van der Waals surface area contributed by atoms with Crippen LogP contribution in [-0.2, 0) is 19.7 Å². The van der Waals surface area contributed by atoms with Gasteiger partial charge in [0.1, 0.15) is 30.2 Å². The fourth-order valence-electron chi connectivity index (χ4n) is 5.56. The lowest BCUT2D eigenvalue weighted by atomic mass is 10.0. The van der Waals surface area contributed by atoms with Gasteiger partial charge in [-0.3, -0.25) is 9.36 Å². The molecule has 3 amide bonds. The molecule has 4 unspecified atom stereocenters. The molecule has 45 heavy (non-hydrogen) atoms. The van der Waals surface area contributed by atoms with Gasteiger partial charge in [0.2, 0.25) is 5.91 Å². The maximum atomic E-state index is 12.4. The molecule has 0 aromatic carbocycles. The van der Waals surface area contributed by atoms with E-state index < -0.39 is 47.2 Å². The van der Waals surface area contributed by atoms with Crippen LogP contribution in [0, 0.1) is 0 Å². The molecule has 5 heterocycles. The van der Waals surface area contributed by atoms with Crippen LogP contribution < -0.4 is 25.8 Å². The Bertz CT molecular complexity index is 1400. The highest BCUT2D eigenvalue weighted by molar-refractivity contribution is 8.00. The number of rotatable bonds is 13. The number of nitrogens with zero attached hydrogens (tertiary/aromatic N) is 5. The fraction of sp³-hybridized carbons (Fsp3) is 0.731. The smallest absolute Gasteiger partial charge is 0.315 e. The van der Waals surface area contributed by atoms with Gasteiger partial charge in [-0.2, -0.15) is 24.9 Å². The summed E-state index contributed by atoms with van der Waals surface area (Å²) in [7, 11) is -4.23. The van der Waals surface area contributed by atoms with Gasteiger partial charge in [0.25, 0.3) is 0 Å². The number of aliphatic hydroxyl groups is 2. The van der Waals surface area contributed by atoms with Crippen LogP contribution in [0.3, 0.4) is 0 Å². The number of hydrogen-bond acceptors (Lipinski definition) is 13. The largest absolute Gasteiger partial charge is 0.387 e. The number of carbonyl (C=O) groups excluding carboxylic acids is 2. The zero-order chi connectivity index (χ0) is 32.7. The number of imidazole rings is 1. The summed E-state index contributed by atoms with van der Waals surface area (Å²) < 4.78 is 35.9. The van der Waals surface area contributed by atoms with E-state index in [1.807, 2.05) is 4.72 Å². The molecule has 3 aliphatic heterocycles. The molecule has 3 saturated heterocycles. The number of hydrogen-bond donors (Lipinski definition) is 7. The number of urea groups is 1. The molecule has 8 N–H and O–H groups in total. The lowest BCUT2D eigenvalue weighted by Crippen LogP contribution is -2.45. The van der Waals surface area contributed by atoms with Crippen molar-refractivity contribution < 1.29 is 33.0 Å². The van der Waals surface area contributed by atoms with Crippen molar-refractivity contribution in [3.05, 3.63) is 12.7 Å². The van der Waals surface area contributed by atoms with Crippen LogP contribution in [0.4, 0.5) is 10.6 Å². The normalized spacial score (nSPS) is 27.6. The van der Waals surface area contributed by atoms with E-state index in [1.54, 1.807) is 11.8 Å². The van der Waals surface area contributed by atoms with Crippen LogP contribution in [0.5, 0.6) is 0 Å². The number of nitrogen functional groups attached to an aromatic ring is 1. The summed E-state index contributed by atoms with van der Waals surface area (Å²) in [5.41, 5.74) is 6.34. The fourth-order valence-corrected chi connectivity index (χ4v) is 7.96. The van der Waals surface area contributed by atoms with E-state index in [1.165, 1.54) is 36.9 Å². The summed E-state index contributed by atoms with van der Waals surface area (Å²) in [6, 6.07) is 0.0526. The van der Waals surface area contributed by atoms with E-state index in [0.717, 1.165) is 12.2 Å². The first-order valence-corrected chi connectivity index (χ1v) is 17.7. The third-order valence-electron chi connectivity index (χ3n) is 8.14. The molecule has 0 saturated carbocycles. The van der Waals surface area contributed by atoms with Crippen molar-refractivity contribution in [2.24, 2.45) is 0 Å². The van der Waals surface area contributed by atoms with E-state index in [4.69, 9.17) is 10.5 Å². The van der Waals surface area contributed by atoms with Gasteiger partial charge in [-0.05, 0) is 32.5 Å². The van der Waals surface area contributed by atoms with E-state index in [-0.39, 0.29) is 46.8 Å². The number of carbonyl (C=O) groups is 2. The first-order chi connectivity index (χ1) is 21.5. The van der Waals surface area contributed by atoms with Crippen LogP contribution in [0.2, 0.25) is 0 Å². The van der Waals surface area contributed by atoms with Crippen LogP contribution in [0.1, 0.15) is 52.7 Å². The number of ether oxygens (including phenoxy) is 1. The maximum Gasteiger partial charge on any atom is 0.315 e. The standard InChI is InChI=1S/C20H29N9O7S2.C6H15N/c21-17-14-18(23-7-22-17)29(8-24-14)19-16(32)15(31)10(36-19)5-25-38(34,35)28-12(30)4-2-1-3-11-13-9(6-37-11)26-20(33)27-13;1-4-7(5-2)6-3/h7-11,13,15-16,19,25,31-32H,1-6H2,(H,28,30)(H2,21,22,23)(H2,26,27,33);4-6H2,1-3H3/t9?,10?,11?,13?,15-,16-,19-;/m1./s1. The summed E-state index contributed by atoms with van der Waals surface area (Å²) >= 11 is 1.77. The molecule has 3 fully saturated rings. The highest BCUT2D eigenvalue weighted by Crippen LogP contribution is 2.33. The Hall–Kier alpha value is -2.81. The summed E-state index contributed by atoms with van der Waals surface area (Å²) in [6.07, 6.45) is -0.494. The quantitative estimate of drug-likeness (QED) is 0.101. The number of aromatic nitrogens is 4. The first-order valence-electron chi connectivity index (χ1n) is 15.1. The molecule has 2 aromatic heterocycles. The second-order valence-corrected chi connectivity index (χ2v) is 13.8. The van der Waals surface area contributed by atoms with Crippen LogP contribution in [-0.4, -0.2) is 123 Å². The molecule has 17 nitrogen and oxygen atoms in total. The van der Waals surface area contributed by atoms with Gasteiger partial charge in [0.15, 0.2) is 17.7 Å². The minimum atomic E-state index is -4.23. The molecule has 5 rings (SSSR count). The lowest BCUT2D eigenvalue weighted by Gasteiger charge is -2.17. The summed E-state index contributed by atoms with van der Waals surface area (Å²) in [5.74, 6) is 0.308. The Morgan fingerprint density at radius 1 is 1.16 bits per heavy atom. The Morgan fingerprint density at radius 2 is 1.89 bits per heavy atom. The second-order valence-electron chi connectivity index (χ2n) is 11.0. The van der Waals surface area contributed by atoms with Crippen molar-refractivity contribution in [2.75, 3.05) is 37.7 Å². The summed E-state index contributed by atoms with van der Waals surface area (Å²) in [4.78, 5) is 38.0. The molecule has 252 valence electrons. The molecule has 0 bridgehead atoms. The molecular weight excluding hydrogens is 628 g/mol. The third-order valence-corrected chi connectivity index (χ3v) is 10.7. The molecule has 0 spiro atoms. The van der Waals surface area contributed by atoms with Crippen LogP contribution >= 0.6 is 11.8 Å². The van der Waals surface area contributed by atoms with Gasteiger partial charge in [-0.15, -0.1) is 0 Å². The van der Waals surface area contributed by atoms with Crippen molar-refractivity contribution in [3.63, 3.8) is 0 Å². The highest BCUT2D eigenvalue weighted by atomic mass is 32.2. The molecular formula is C26H44N10O7S2. The van der Waals surface area contributed by atoms with Crippen molar-refractivity contribution >= 4 is 50.9 Å². The number of unbranched alkanes of at least 4 members (excludes halogenated alkanes) is 1. The average Bonchev–Trinajstić information content (AvgIpc) is 3.76. The van der Waals surface area contributed by atoms with Crippen LogP contribution in [0.15, 0.2) is 12.7 Å². The minimum Gasteiger partial charge on any atom is -0.387 e. The van der Waals surface area contributed by atoms with Gasteiger partial charge < -0.3 is 36.2 Å². The topological polar surface area (TPSA) is 239 Å². The van der Waals surface area contributed by atoms with Gasteiger partial charge in [-0.25, -0.2) is 24.5 Å². The number of nitrogens with two attached hydrogens (primary N) is 1. The zero-order valence-corrected chi connectivity index (χ0v) is 27.3. The Balaban J connectivity index is 0.000000591. The Labute approximate surface area is 266 Å².